The van der Waals surface area contributed by atoms with Gasteiger partial charge in [0.1, 0.15) is 5.82 Å². The Kier molecular flexibility index (Phi) is 8.05. The van der Waals surface area contributed by atoms with Crippen LogP contribution in [0.2, 0.25) is 0 Å². The Bertz CT molecular complexity index is 1680. The van der Waals surface area contributed by atoms with Gasteiger partial charge in [-0.25, -0.2) is 23.2 Å². The number of nitrogens with two attached hydrogens (primary N) is 1. The molecule has 1 aliphatic heterocycles. The third-order valence-corrected chi connectivity index (χ3v) is 9.87. The fraction of sp³-hybridized carbons (Fsp3) is 0.367. The van der Waals surface area contributed by atoms with Crippen molar-refractivity contribution in [2.24, 2.45) is 11.1 Å². The second kappa shape index (κ2) is 11.8. The number of aromatic carboxylic acids is 1. The van der Waals surface area contributed by atoms with Crippen LogP contribution < -0.4 is 5.14 Å². The number of carboxylic acids is 1. The number of piperidine rings is 1. The summed E-state index contributed by atoms with van der Waals surface area (Å²) in [6.45, 7) is 1.79. The molecule has 6 rings (SSSR count). The summed E-state index contributed by atoms with van der Waals surface area (Å²) in [4.78, 5) is 18.1. The van der Waals surface area contributed by atoms with E-state index in [0.717, 1.165) is 55.6 Å². The Balaban J connectivity index is 1.49. The summed E-state index contributed by atoms with van der Waals surface area (Å²) in [6, 6.07) is 9.60. The average molecular weight is 613 g/mol. The summed E-state index contributed by atoms with van der Waals surface area (Å²) < 4.78 is 43.5. The highest BCUT2D eigenvalue weighted by Gasteiger charge is 2.30. The van der Waals surface area contributed by atoms with E-state index in [-0.39, 0.29) is 22.3 Å². The van der Waals surface area contributed by atoms with E-state index < -0.39 is 22.8 Å². The number of rotatable bonds is 9. The minimum Gasteiger partial charge on any atom is -0.476 e. The number of benzene rings is 2. The summed E-state index contributed by atoms with van der Waals surface area (Å²) in [6.07, 6.45) is 4.87. The molecule has 2 fully saturated rings. The molecule has 3 heterocycles. The number of aromatic nitrogens is 3. The van der Waals surface area contributed by atoms with Gasteiger partial charge in [0.05, 0.1) is 11.4 Å². The van der Waals surface area contributed by atoms with Crippen molar-refractivity contribution in [3.63, 3.8) is 0 Å². The maximum atomic E-state index is 15.2. The fourth-order valence-electron chi connectivity index (χ4n) is 5.69. The van der Waals surface area contributed by atoms with Crippen LogP contribution in [0.15, 0.2) is 46.7 Å². The van der Waals surface area contributed by atoms with Crippen LogP contribution in [0.4, 0.5) is 8.78 Å². The van der Waals surface area contributed by atoms with Crippen molar-refractivity contribution in [3.8, 4) is 16.4 Å². The van der Waals surface area contributed by atoms with E-state index in [2.05, 4.69) is 16.9 Å². The second-order valence-corrected chi connectivity index (χ2v) is 13.2. The molecule has 1 unspecified atom stereocenters. The van der Waals surface area contributed by atoms with E-state index in [1.807, 2.05) is 6.07 Å². The molecule has 220 valence electrons. The number of halogens is 2. The molecule has 1 atom stereocenters. The van der Waals surface area contributed by atoms with Crippen LogP contribution in [-0.4, -0.2) is 50.9 Å². The molecule has 2 aromatic carbocycles. The van der Waals surface area contributed by atoms with Gasteiger partial charge in [-0.3, -0.25) is 0 Å². The zero-order valence-corrected chi connectivity index (χ0v) is 24.8. The van der Waals surface area contributed by atoms with Gasteiger partial charge in [-0.1, -0.05) is 10.3 Å². The normalized spacial score (nSPS) is 17.0. The van der Waals surface area contributed by atoms with E-state index in [4.69, 9.17) is 10.2 Å². The zero-order chi connectivity index (χ0) is 29.5. The number of nitrogens with zero attached hydrogens (tertiary/aromatic N) is 4. The molecule has 3 N–H and O–H groups in total. The van der Waals surface area contributed by atoms with E-state index in [1.165, 1.54) is 34.9 Å². The first-order chi connectivity index (χ1) is 20.2. The Morgan fingerprint density at radius 1 is 1.12 bits per heavy atom. The van der Waals surface area contributed by atoms with Crippen molar-refractivity contribution in [3.05, 3.63) is 81.5 Å². The van der Waals surface area contributed by atoms with Crippen LogP contribution in [-0.2, 0) is 28.0 Å². The number of thiazole rings is 1. The summed E-state index contributed by atoms with van der Waals surface area (Å²) >= 11 is 1.19. The van der Waals surface area contributed by atoms with Gasteiger partial charge in [0.25, 0.3) is 0 Å². The molecule has 8 nitrogen and oxygen atoms in total. The molecule has 0 radical (unpaired) electrons. The molecule has 4 aromatic rings. The predicted octanol–water partition coefficient (Wildman–Crippen LogP) is 5.25. The Morgan fingerprint density at radius 2 is 1.88 bits per heavy atom. The van der Waals surface area contributed by atoms with Gasteiger partial charge in [0.2, 0.25) is 10.0 Å². The molecule has 1 aliphatic carbocycles. The van der Waals surface area contributed by atoms with E-state index >= 15 is 4.39 Å². The first-order valence-electron chi connectivity index (χ1n) is 14.0. The van der Waals surface area contributed by atoms with Crippen molar-refractivity contribution in [2.75, 3.05) is 20.1 Å². The van der Waals surface area contributed by atoms with Gasteiger partial charge in [0.15, 0.2) is 22.5 Å². The lowest BCUT2D eigenvalue weighted by molar-refractivity contribution is 0.0691. The van der Waals surface area contributed by atoms with E-state index in [0.29, 0.717) is 40.7 Å². The largest absolute Gasteiger partial charge is 0.476 e. The van der Waals surface area contributed by atoms with Crippen LogP contribution in [0.1, 0.15) is 64.5 Å². The Morgan fingerprint density at radius 3 is 2.52 bits per heavy atom. The number of carboxylic acid groups (broad SMARTS) is 1. The number of thiol groups is 1. The van der Waals surface area contributed by atoms with Gasteiger partial charge in [-0.05, 0) is 106 Å². The Labute approximate surface area is 248 Å². The lowest BCUT2D eigenvalue weighted by atomic mass is 9.87. The standard InChI is InChI=1S/C30H31F2N5O3S2/c1-36-10-8-19(9-11-36)21-15-20(5-6-23(21)31)28-22(12-18-4-7-27(42(33)40)24(32)13-18)26(14-17-2-3-17)37(35-28)30-34-25(16-41-30)29(38)39/h4-7,13,15-17,19H,2-3,8-12,14H2,1H3,(H2,33,40)(H,38,39)/p+1. The highest BCUT2D eigenvalue weighted by molar-refractivity contribution is 7.82. The minimum atomic E-state index is -2.32. The summed E-state index contributed by atoms with van der Waals surface area (Å²) in [7, 11) is -0.252. The molecule has 42 heavy (non-hydrogen) atoms. The topological polar surface area (TPSA) is 114 Å². The molecule has 1 saturated carbocycles. The lowest BCUT2D eigenvalue weighted by Crippen LogP contribution is -2.29. The predicted molar refractivity (Wildman–Crippen MR) is 159 cm³/mol. The number of likely N-dealkylation sites (tertiary alicyclic amines) is 1. The average Bonchev–Trinajstić information content (AvgIpc) is 3.52. The molecule has 12 heteroatoms. The Hall–Kier alpha value is -3.32. The van der Waals surface area contributed by atoms with Gasteiger partial charge < -0.3 is 10.0 Å². The zero-order valence-electron chi connectivity index (χ0n) is 23.1. The third kappa shape index (κ3) is 5.94. The third-order valence-electron chi connectivity index (χ3n) is 8.22. The summed E-state index contributed by atoms with van der Waals surface area (Å²) in [5.74, 6) is -1.45. The van der Waals surface area contributed by atoms with Gasteiger partial charge >= 0.3 is 5.97 Å². The lowest BCUT2D eigenvalue weighted by Gasteiger charge is -2.29. The smallest absolute Gasteiger partial charge is 0.355 e. The van der Waals surface area contributed by atoms with Crippen LogP contribution in [0.5, 0.6) is 0 Å². The highest BCUT2D eigenvalue weighted by Crippen LogP contribution is 2.39. The summed E-state index contributed by atoms with van der Waals surface area (Å²) in [5.41, 5.74) is 4.33. The fourth-order valence-corrected chi connectivity index (χ4v) is 6.96. The van der Waals surface area contributed by atoms with Crippen molar-refractivity contribution in [1.29, 1.82) is 0 Å². The van der Waals surface area contributed by atoms with Crippen LogP contribution in [0.25, 0.3) is 16.4 Å². The second-order valence-electron chi connectivity index (χ2n) is 11.3. The monoisotopic (exact) mass is 612 g/mol. The number of carbonyl (C=O) groups is 1. The quantitative estimate of drug-likeness (QED) is 0.197. The maximum absolute atomic E-state index is 15.2. The number of hydrogen-bond donors (Lipinski definition) is 2. The SMILES string of the molecule is CN1CCC(c2cc(-c3nn(-c4nc(C(=O)O)cs4)c(CC4CC4)c3Cc3ccc([SH+](N)=O)c(F)c3)ccc2F)CC1. The minimum absolute atomic E-state index is 0.0341. The van der Waals surface area contributed by atoms with Gasteiger partial charge in [-0.2, -0.15) is 5.10 Å². The van der Waals surface area contributed by atoms with Crippen molar-refractivity contribution in [1.82, 2.24) is 19.7 Å². The van der Waals surface area contributed by atoms with Gasteiger partial charge in [0, 0.05) is 22.9 Å². The van der Waals surface area contributed by atoms with Crippen molar-refractivity contribution in [2.45, 2.75) is 49.3 Å². The van der Waals surface area contributed by atoms with E-state index in [1.54, 1.807) is 16.8 Å². The molecule has 0 bridgehead atoms. The number of hydrogen-bond acceptors (Lipinski definition) is 6. The van der Waals surface area contributed by atoms with Crippen LogP contribution >= 0.6 is 11.3 Å². The van der Waals surface area contributed by atoms with Crippen LogP contribution in [0, 0.1) is 17.6 Å². The maximum Gasteiger partial charge on any atom is 0.355 e. The molecule has 2 aromatic heterocycles. The molecule has 0 spiro atoms. The molecular weight excluding hydrogens is 580 g/mol. The first kappa shape index (κ1) is 28.8. The molecule has 1 saturated heterocycles. The molecular formula is C30H32F2N5O3S2+. The first-order valence-corrected chi connectivity index (χ1v) is 16.2. The van der Waals surface area contributed by atoms with E-state index in [9.17, 15) is 18.5 Å². The van der Waals surface area contributed by atoms with Gasteiger partial charge in [-0.15, -0.1) is 16.5 Å². The van der Waals surface area contributed by atoms with Crippen molar-refractivity contribution < 1.29 is 22.9 Å². The molecule has 0 amide bonds. The van der Waals surface area contributed by atoms with Crippen molar-refractivity contribution >= 4 is 28.3 Å². The van der Waals surface area contributed by atoms with Crippen LogP contribution in [0.3, 0.4) is 0 Å². The highest BCUT2D eigenvalue weighted by atomic mass is 32.2. The summed E-state index contributed by atoms with van der Waals surface area (Å²) in [5, 5.41) is 21.8. The molecule has 2 aliphatic rings.